The van der Waals surface area contributed by atoms with E-state index in [-0.39, 0.29) is 0 Å². The topological polar surface area (TPSA) is 194 Å². The number of anilines is 2. The third-order valence-electron chi connectivity index (χ3n) is 16.9. The maximum atomic E-state index is 5.34. The summed E-state index contributed by atoms with van der Waals surface area (Å²) in [6, 6.07) is 31.0. The molecule has 16 nitrogen and oxygen atoms in total. The third kappa shape index (κ3) is 9.16. The van der Waals surface area contributed by atoms with Crippen molar-refractivity contribution in [3.8, 4) is 33.8 Å². The van der Waals surface area contributed by atoms with Crippen molar-refractivity contribution in [2.75, 3.05) is 45.6 Å². The molecule has 2 aliphatic rings. The van der Waals surface area contributed by atoms with Crippen LogP contribution in [0.25, 0.3) is 100.0 Å². The molecule has 0 spiro atoms. The average molecular weight is 1040 g/mol. The fraction of sp³-hybridized carbons (Fsp3) is 0.323. The van der Waals surface area contributed by atoms with Gasteiger partial charge in [-0.2, -0.15) is 0 Å². The molecule has 0 radical (unpaired) electrons. The number of likely N-dealkylation sites (tertiary alicyclic amines) is 1. The van der Waals surface area contributed by atoms with Crippen LogP contribution in [0.2, 0.25) is 0 Å². The van der Waals surface area contributed by atoms with E-state index in [1.807, 2.05) is 25.4 Å². The van der Waals surface area contributed by atoms with Crippen LogP contribution in [0.5, 0.6) is 0 Å². The highest BCUT2D eigenvalue weighted by molar-refractivity contribution is 5.99. The number of piperidine rings is 1. The Bertz CT molecular complexity index is 4200. The molecule has 394 valence electrons. The second-order valence-corrected chi connectivity index (χ2v) is 22.4. The molecule has 1 saturated heterocycles. The Morgan fingerprint density at radius 3 is 1.96 bits per heavy atom. The molecule has 1 unspecified atom stereocenters. The van der Waals surface area contributed by atoms with E-state index in [0.29, 0.717) is 29.5 Å². The zero-order valence-corrected chi connectivity index (χ0v) is 45.1. The number of rotatable bonds is 15. The number of pyridine rings is 3. The van der Waals surface area contributed by atoms with Gasteiger partial charge in [0.1, 0.15) is 34.0 Å². The first-order valence-electron chi connectivity index (χ1n) is 27.9. The second-order valence-electron chi connectivity index (χ2n) is 22.4. The van der Waals surface area contributed by atoms with Crippen LogP contribution in [0.1, 0.15) is 79.9 Å². The SMILES string of the molecule is CCN(C)Cc1ccc2[nH]c(-c3cc(Nc4nc5c(-c6cc7cc(CN8CCC9CCCC[C@H]9C8)ccc7[nH]6)ccnc5[nH]4)nc4[nH]c(Cc5cnc6[nH]c(C)nc6c5-c5cc6cc(CN(C)CC)ccc6[nH]5)nc34)cc2c1. The largest absolute Gasteiger partial charge is 0.354 e. The molecule has 14 rings (SSSR count). The quantitative estimate of drug-likeness (QED) is 0.0519. The molecule has 1 aliphatic heterocycles. The van der Waals surface area contributed by atoms with Gasteiger partial charge < -0.3 is 45.0 Å². The first-order valence-corrected chi connectivity index (χ1v) is 27.9. The first-order chi connectivity index (χ1) is 38.1. The summed E-state index contributed by atoms with van der Waals surface area (Å²) in [5, 5.41) is 7.03. The van der Waals surface area contributed by atoms with Gasteiger partial charge in [-0.25, -0.2) is 29.9 Å². The smallest absolute Gasteiger partial charge is 0.208 e. The van der Waals surface area contributed by atoms with Gasteiger partial charge in [-0.1, -0.05) is 51.3 Å². The molecule has 1 saturated carbocycles. The number of imidazole rings is 3. The molecule has 1 aliphatic carbocycles. The molecule has 0 amide bonds. The summed E-state index contributed by atoms with van der Waals surface area (Å²) < 4.78 is 0. The highest BCUT2D eigenvalue weighted by Gasteiger charge is 2.31. The molecule has 7 N–H and O–H groups in total. The van der Waals surface area contributed by atoms with Crippen molar-refractivity contribution in [1.82, 2.24) is 74.5 Å². The number of fused-ring (bicyclic) bond motifs is 7. The van der Waals surface area contributed by atoms with Crippen LogP contribution in [0.3, 0.4) is 0 Å². The Labute approximate surface area is 451 Å². The van der Waals surface area contributed by atoms with Gasteiger partial charge in [0.15, 0.2) is 16.9 Å². The number of aryl methyl sites for hydroxylation is 1. The van der Waals surface area contributed by atoms with Crippen LogP contribution in [0.4, 0.5) is 11.8 Å². The molecular formula is C62H66N16. The zero-order valence-electron chi connectivity index (χ0n) is 45.1. The first kappa shape index (κ1) is 48.2. The fourth-order valence-corrected chi connectivity index (χ4v) is 12.6. The average Bonchev–Trinajstić information content (AvgIpc) is 4.47. The Kier molecular flexibility index (Phi) is 12.2. The lowest BCUT2D eigenvalue weighted by Crippen LogP contribution is -2.41. The standard InChI is InChI=1S/C62H66N16/c1-6-76(4)31-36-12-15-48-41(22-36)26-51(68-48)46-29-54(73-62-74-56-45(18-20-63-59(56)75-62)50-25-42-24-38(14-17-47(42)67-50)33-78-21-19-39-10-8-9-11-40(39)34-78)72-61-57(46)70-53(71-61)28-44-30-64-60-58(65-35(3)66-60)55(44)52-27-43-23-37(32-77(5)7-2)13-16-49(43)69-52/h12-18,20,22-27,29-30,39-40,67-69H,6-11,19,21,28,31-34H2,1-5H3,(H,64,65,66)(H3,63,70,71,72,73,74,75)/t39?,40-/m0/s1. The van der Waals surface area contributed by atoms with Crippen molar-refractivity contribution in [3.63, 3.8) is 0 Å². The lowest BCUT2D eigenvalue weighted by molar-refractivity contribution is 0.0821. The molecule has 2 atom stereocenters. The molecule has 0 bridgehead atoms. The Morgan fingerprint density at radius 2 is 1.23 bits per heavy atom. The van der Waals surface area contributed by atoms with Crippen molar-refractivity contribution in [2.24, 2.45) is 11.8 Å². The molecule has 78 heavy (non-hydrogen) atoms. The van der Waals surface area contributed by atoms with Gasteiger partial charge >= 0.3 is 0 Å². The number of nitrogens with zero attached hydrogens (tertiary/aromatic N) is 9. The van der Waals surface area contributed by atoms with E-state index in [2.05, 4.69) is 157 Å². The van der Waals surface area contributed by atoms with Crippen LogP contribution in [0.15, 0.2) is 97.3 Å². The number of nitrogens with one attached hydrogen (secondary N) is 7. The van der Waals surface area contributed by atoms with E-state index in [0.717, 1.165) is 145 Å². The van der Waals surface area contributed by atoms with Crippen LogP contribution in [-0.4, -0.2) is 115 Å². The molecule has 3 aromatic carbocycles. The highest BCUT2D eigenvalue weighted by Crippen LogP contribution is 2.39. The predicted octanol–water partition coefficient (Wildman–Crippen LogP) is 12.5. The molecule has 12 aromatic rings. The lowest BCUT2D eigenvalue weighted by atomic mass is 9.75. The van der Waals surface area contributed by atoms with Crippen molar-refractivity contribution >= 4 is 78.0 Å². The highest BCUT2D eigenvalue weighted by atomic mass is 15.2. The minimum Gasteiger partial charge on any atom is -0.354 e. The van der Waals surface area contributed by atoms with Crippen molar-refractivity contribution in [1.29, 1.82) is 0 Å². The Morgan fingerprint density at radius 1 is 0.590 bits per heavy atom. The summed E-state index contributed by atoms with van der Waals surface area (Å²) in [6.45, 7) is 13.5. The molecule has 16 heteroatoms. The number of H-pyrrole nitrogens is 6. The number of benzene rings is 3. The molecule has 2 fully saturated rings. The summed E-state index contributed by atoms with van der Waals surface area (Å²) in [6.07, 6.45) is 11.2. The molecular weight excluding hydrogens is 969 g/mol. The van der Waals surface area contributed by atoms with Crippen LogP contribution >= 0.6 is 0 Å². The fourth-order valence-electron chi connectivity index (χ4n) is 12.6. The van der Waals surface area contributed by atoms with Gasteiger partial charge in [-0.05, 0) is 154 Å². The van der Waals surface area contributed by atoms with Gasteiger partial charge in [0.2, 0.25) is 5.95 Å². The summed E-state index contributed by atoms with van der Waals surface area (Å²) in [4.78, 5) is 59.3. The summed E-state index contributed by atoms with van der Waals surface area (Å²) in [5.41, 5.74) is 18.3. The maximum absolute atomic E-state index is 5.34. The van der Waals surface area contributed by atoms with Gasteiger partial charge in [-0.15, -0.1) is 0 Å². The third-order valence-corrected chi connectivity index (χ3v) is 16.9. The summed E-state index contributed by atoms with van der Waals surface area (Å²) in [5.74, 6) is 4.48. The van der Waals surface area contributed by atoms with Gasteiger partial charge in [-0.3, -0.25) is 4.90 Å². The summed E-state index contributed by atoms with van der Waals surface area (Å²) in [7, 11) is 4.30. The molecule has 10 heterocycles. The van der Waals surface area contributed by atoms with Crippen molar-refractivity contribution < 1.29 is 0 Å². The minimum absolute atomic E-state index is 0.456. The van der Waals surface area contributed by atoms with Gasteiger partial charge in [0, 0.05) is 111 Å². The van der Waals surface area contributed by atoms with Crippen molar-refractivity contribution in [2.45, 2.75) is 78.9 Å². The number of aromatic nitrogens is 12. The van der Waals surface area contributed by atoms with Crippen LogP contribution < -0.4 is 5.32 Å². The van der Waals surface area contributed by atoms with Crippen molar-refractivity contribution in [3.05, 3.63) is 131 Å². The zero-order chi connectivity index (χ0) is 52.6. The predicted molar refractivity (Wildman–Crippen MR) is 314 cm³/mol. The van der Waals surface area contributed by atoms with E-state index in [4.69, 9.17) is 29.9 Å². The van der Waals surface area contributed by atoms with E-state index in [1.165, 1.54) is 67.3 Å². The normalized spacial score (nSPS) is 16.4. The van der Waals surface area contributed by atoms with E-state index < -0.39 is 0 Å². The number of aromatic amines is 6. The Balaban J connectivity index is 0.806. The summed E-state index contributed by atoms with van der Waals surface area (Å²) >= 11 is 0. The van der Waals surface area contributed by atoms with E-state index >= 15 is 0 Å². The Hall–Kier alpha value is -8.18. The lowest BCUT2D eigenvalue weighted by Gasteiger charge is -2.41. The van der Waals surface area contributed by atoms with Gasteiger partial charge in [0.05, 0.1) is 0 Å². The minimum atomic E-state index is 0.456. The van der Waals surface area contributed by atoms with Crippen LogP contribution in [0, 0.1) is 18.8 Å². The number of hydrogen-bond acceptors (Lipinski definition) is 10. The van der Waals surface area contributed by atoms with Crippen LogP contribution in [-0.2, 0) is 26.1 Å². The second kappa shape index (κ2) is 19.7. The number of hydrogen-bond donors (Lipinski definition) is 7. The maximum Gasteiger partial charge on any atom is 0.208 e. The monoisotopic (exact) mass is 1030 g/mol. The van der Waals surface area contributed by atoms with E-state index in [9.17, 15) is 0 Å². The van der Waals surface area contributed by atoms with E-state index in [1.54, 1.807) is 0 Å². The van der Waals surface area contributed by atoms with Gasteiger partial charge in [0.25, 0.3) is 0 Å². The molecule has 9 aromatic heterocycles.